The van der Waals surface area contributed by atoms with Gasteiger partial charge in [0.1, 0.15) is 12.4 Å². The Bertz CT molecular complexity index is 679. The smallest absolute Gasteiger partial charge is 0.241 e. The van der Waals surface area contributed by atoms with E-state index < -0.39 is 0 Å². The van der Waals surface area contributed by atoms with E-state index in [4.69, 9.17) is 4.74 Å². The molecule has 0 saturated heterocycles. The largest absolute Gasteiger partial charge is 0.489 e. The lowest BCUT2D eigenvalue weighted by atomic mass is 9.94. The molecule has 0 aliphatic heterocycles. The maximum Gasteiger partial charge on any atom is 0.241 e. The third kappa shape index (κ3) is 5.25. The fraction of sp³-hybridized carbons (Fsp3) is 0.409. The van der Waals surface area contributed by atoms with E-state index in [1.807, 2.05) is 66.5 Å². The van der Waals surface area contributed by atoms with Crippen LogP contribution >= 0.6 is 0 Å². The lowest BCUT2D eigenvalue weighted by molar-refractivity contribution is -0.130. The van der Waals surface area contributed by atoms with Gasteiger partial charge in [-0.15, -0.1) is 0 Å². The van der Waals surface area contributed by atoms with E-state index in [1.54, 1.807) is 0 Å². The summed E-state index contributed by atoms with van der Waals surface area (Å²) in [4.78, 5) is 14.3. The lowest BCUT2D eigenvalue weighted by Crippen LogP contribution is -2.41. The Hall–Kier alpha value is -2.49. The summed E-state index contributed by atoms with van der Waals surface area (Å²) in [7, 11) is 1.93. The Balaban J connectivity index is 1.44. The molecule has 1 amide bonds. The number of amides is 1. The van der Waals surface area contributed by atoms with Gasteiger partial charge in [-0.25, -0.2) is 0 Å². The maximum atomic E-state index is 12.4. The third-order valence-electron chi connectivity index (χ3n) is 5.06. The molecule has 0 aromatic heterocycles. The molecule has 3 rings (SSSR count). The molecule has 0 spiro atoms. The van der Waals surface area contributed by atoms with Gasteiger partial charge in [0.25, 0.3) is 0 Å². The molecule has 0 atom stereocenters. The molecular formula is C22H28N2O2. The summed E-state index contributed by atoms with van der Waals surface area (Å²) in [5.74, 6) is 0.978. The minimum atomic E-state index is 0.154. The van der Waals surface area contributed by atoms with E-state index in [0.717, 1.165) is 29.8 Å². The number of benzene rings is 2. The first-order valence-corrected chi connectivity index (χ1v) is 9.49. The summed E-state index contributed by atoms with van der Waals surface area (Å²) in [6.07, 6.45) is 6.04. The molecule has 0 radical (unpaired) electrons. The molecule has 1 fully saturated rings. The van der Waals surface area contributed by atoms with Gasteiger partial charge in [-0.1, -0.05) is 49.6 Å². The van der Waals surface area contributed by atoms with Gasteiger partial charge in [0, 0.05) is 18.8 Å². The van der Waals surface area contributed by atoms with E-state index in [-0.39, 0.29) is 5.91 Å². The predicted octanol–water partition coefficient (Wildman–Crippen LogP) is 4.47. The van der Waals surface area contributed by atoms with Crippen LogP contribution in [0.3, 0.4) is 0 Å². The zero-order chi connectivity index (χ0) is 18.2. The fourth-order valence-electron chi connectivity index (χ4n) is 3.38. The second-order valence-corrected chi connectivity index (χ2v) is 6.95. The van der Waals surface area contributed by atoms with Crippen LogP contribution in [0.5, 0.6) is 5.75 Å². The molecular weight excluding hydrogens is 324 g/mol. The van der Waals surface area contributed by atoms with Crippen LogP contribution in [0.1, 0.15) is 37.7 Å². The van der Waals surface area contributed by atoms with Gasteiger partial charge in [-0.3, -0.25) is 4.79 Å². The van der Waals surface area contributed by atoms with Crippen molar-refractivity contribution in [1.29, 1.82) is 0 Å². The number of ether oxygens (including phenoxy) is 1. The third-order valence-corrected chi connectivity index (χ3v) is 5.06. The number of anilines is 1. The maximum absolute atomic E-state index is 12.4. The number of rotatable bonds is 7. The van der Waals surface area contributed by atoms with Crippen molar-refractivity contribution in [3.05, 3.63) is 60.2 Å². The molecule has 138 valence electrons. The topological polar surface area (TPSA) is 41.6 Å². The summed E-state index contributed by atoms with van der Waals surface area (Å²) in [6, 6.07) is 18.3. The number of nitrogens with zero attached hydrogens (tertiary/aromatic N) is 1. The average Bonchev–Trinajstić information content (AvgIpc) is 2.72. The Kier molecular flexibility index (Phi) is 6.53. The normalized spacial score (nSPS) is 14.7. The van der Waals surface area contributed by atoms with Crippen molar-refractivity contribution >= 4 is 11.6 Å². The minimum absolute atomic E-state index is 0.154. The van der Waals surface area contributed by atoms with Gasteiger partial charge in [0.15, 0.2) is 0 Å². The van der Waals surface area contributed by atoms with Crippen molar-refractivity contribution in [3.8, 4) is 5.75 Å². The van der Waals surface area contributed by atoms with Gasteiger partial charge in [-0.2, -0.15) is 0 Å². The first-order chi connectivity index (χ1) is 12.7. The Labute approximate surface area is 156 Å². The van der Waals surface area contributed by atoms with Crippen LogP contribution in [0.25, 0.3) is 0 Å². The van der Waals surface area contributed by atoms with E-state index in [0.29, 0.717) is 19.2 Å². The van der Waals surface area contributed by atoms with Crippen LogP contribution in [-0.2, 0) is 11.4 Å². The number of hydrogen-bond donors (Lipinski definition) is 1. The van der Waals surface area contributed by atoms with E-state index in [1.165, 1.54) is 19.3 Å². The molecule has 1 aliphatic carbocycles. The van der Waals surface area contributed by atoms with Crippen molar-refractivity contribution < 1.29 is 9.53 Å². The number of nitrogens with one attached hydrogen (secondary N) is 1. The summed E-state index contributed by atoms with van der Waals surface area (Å²) >= 11 is 0. The highest BCUT2D eigenvalue weighted by Crippen LogP contribution is 2.22. The molecule has 1 aliphatic rings. The van der Waals surface area contributed by atoms with Crippen molar-refractivity contribution in [2.45, 2.75) is 44.8 Å². The van der Waals surface area contributed by atoms with Crippen LogP contribution in [-0.4, -0.2) is 30.4 Å². The summed E-state index contributed by atoms with van der Waals surface area (Å²) < 4.78 is 5.79. The molecule has 26 heavy (non-hydrogen) atoms. The molecule has 2 aromatic carbocycles. The van der Waals surface area contributed by atoms with E-state index >= 15 is 0 Å². The van der Waals surface area contributed by atoms with Gasteiger partial charge < -0.3 is 15.0 Å². The average molecular weight is 352 g/mol. The number of carbonyl (C=O) groups excluding carboxylic acids is 1. The second-order valence-electron chi connectivity index (χ2n) is 6.95. The van der Waals surface area contributed by atoms with Crippen LogP contribution in [0.4, 0.5) is 5.69 Å². The molecule has 4 heteroatoms. The quantitative estimate of drug-likeness (QED) is 0.799. The summed E-state index contributed by atoms with van der Waals surface area (Å²) in [5.41, 5.74) is 2.08. The Morgan fingerprint density at radius 2 is 1.73 bits per heavy atom. The van der Waals surface area contributed by atoms with Crippen molar-refractivity contribution in [3.63, 3.8) is 0 Å². The lowest BCUT2D eigenvalue weighted by Gasteiger charge is -2.31. The predicted molar refractivity (Wildman–Crippen MR) is 105 cm³/mol. The van der Waals surface area contributed by atoms with Crippen LogP contribution in [0.15, 0.2) is 54.6 Å². The van der Waals surface area contributed by atoms with Gasteiger partial charge in [-0.05, 0) is 42.7 Å². The number of hydrogen-bond acceptors (Lipinski definition) is 3. The van der Waals surface area contributed by atoms with Crippen molar-refractivity contribution in [2.24, 2.45) is 0 Å². The highest BCUT2D eigenvalue weighted by atomic mass is 16.5. The molecule has 2 aromatic rings. The van der Waals surface area contributed by atoms with Crippen LogP contribution in [0, 0.1) is 0 Å². The van der Waals surface area contributed by atoms with Crippen molar-refractivity contribution in [2.75, 3.05) is 18.9 Å². The molecule has 0 heterocycles. The highest BCUT2D eigenvalue weighted by molar-refractivity contribution is 5.81. The molecule has 1 N–H and O–H groups in total. The molecule has 0 unspecified atom stereocenters. The summed E-state index contributed by atoms with van der Waals surface area (Å²) in [6.45, 7) is 0.884. The summed E-state index contributed by atoms with van der Waals surface area (Å²) in [5, 5.41) is 3.22. The van der Waals surface area contributed by atoms with Crippen LogP contribution in [0.2, 0.25) is 0 Å². The number of likely N-dealkylation sites (N-methyl/N-ethyl adjacent to an activating group) is 1. The Morgan fingerprint density at radius 3 is 2.42 bits per heavy atom. The molecule has 1 saturated carbocycles. The first kappa shape index (κ1) is 18.3. The van der Waals surface area contributed by atoms with Crippen LogP contribution < -0.4 is 10.1 Å². The number of carbonyl (C=O) groups is 1. The zero-order valence-electron chi connectivity index (χ0n) is 15.5. The zero-order valence-corrected chi connectivity index (χ0v) is 15.5. The van der Waals surface area contributed by atoms with E-state index in [9.17, 15) is 4.79 Å². The van der Waals surface area contributed by atoms with E-state index in [2.05, 4.69) is 5.32 Å². The highest BCUT2D eigenvalue weighted by Gasteiger charge is 2.21. The fourth-order valence-corrected chi connectivity index (χ4v) is 3.38. The van der Waals surface area contributed by atoms with Gasteiger partial charge in [0.05, 0.1) is 6.54 Å². The van der Waals surface area contributed by atoms with Gasteiger partial charge in [0.2, 0.25) is 5.91 Å². The molecule has 4 nitrogen and oxygen atoms in total. The molecule has 0 bridgehead atoms. The second kappa shape index (κ2) is 9.27. The Morgan fingerprint density at radius 1 is 1.04 bits per heavy atom. The first-order valence-electron chi connectivity index (χ1n) is 9.49. The monoisotopic (exact) mass is 352 g/mol. The van der Waals surface area contributed by atoms with Crippen molar-refractivity contribution in [1.82, 2.24) is 4.90 Å². The van der Waals surface area contributed by atoms with Gasteiger partial charge >= 0.3 is 0 Å². The SMILES string of the molecule is CN(C(=O)CNc1ccc(OCc2ccccc2)cc1)C1CCCCC1. The standard InChI is InChI=1S/C22H28N2O2/c1-24(20-10-6-3-7-11-20)22(25)16-23-19-12-14-21(15-13-19)26-17-18-8-4-2-5-9-18/h2,4-5,8-9,12-15,20,23H,3,6-7,10-11,16-17H2,1H3. The minimum Gasteiger partial charge on any atom is -0.489 e.